The van der Waals surface area contributed by atoms with Gasteiger partial charge in [-0.05, 0) is 31.2 Å². The van der Waals surface area contributed by atoms with Gasteiger partial charge in [0.05, 0.1) is 13.3 Å². The molecule has 0 spiro atoms. The summed E-state index contributed by atoms with van der Waals surface area (Å²) in [6.45, 7) is 2.62. The first-order valence-corrected chi connectivity index (χ1v) is 6.81. The van der Waals surface area contributed by atoms with Crippen molar-refractivity contribution in [3.8, 4) is 5.75 Å². The monoisotopic (exact) mass is 292 g/mol. The van der Waals surface area contributed by atoms with Crippen LogP contribution in [0.4, 0.5) is 8.78 Å². The highest BCUT2D eigenvalue weighted by Gasteiger charge is 2.19. The molecular weight excluding hydrogens is 274 g/mol. The number of rotatable bonds is 6. The van der Waals surface area contributed by atoms with Gasteiger partial charge in [-0.15, -0.1) is 0 Å². The zero-order valence-electron chi connectivity index (χ0n) is 12.1. The van der Waals surface area contributed by atoms with E-state index in [1.807, 2.05) is 6.92 Å². The molecule has 0 fully saturated rings. The van der Waals surface area contributed by atoms with Crippen LogP contribution in [0.5, 0.6) is 5.75 Å². The highest BCUT2D eigenvalue weighted by Crippen LogP contribution is 2.28. The Kier molecular flexibility index (Phi) is 5.22. The first-order chi connectivity index (χ1) is 10.2. The minimum absolute atomic E-state index is 0.0716. The molecule has 0 aliphatic heterocycles. The third-order valence-corrected chi connectivity index (χ3v) is 3.33. The number of nitrogens with one attached hydrogen (secondary N) is 1. The van der Waals surface area contributed by atoms with E-state index < -0.39 is 11.6 Å². The van der Waals surface area contributed by atoms with Gasteiger partial charge >= 0.3 is 0 Å². The van der Waals surface area contributed by atoms with Crippen LogP contribution in [0.25, 0.3) is 0 Å². The minimum atomic E-state index is -0.536. The fourth-order valence-electron chi connectivity index (χ4n) is 2.32. The second kappa shape index (κ2) is 7.13. The highest BCUT2D eigenvalue weighted by molar-refractivity contribution is 5.34. The van der Waals surface area contributed by atoms with Gasteiger partial charge in [-0.3, -0.25) is 4.98 Å². The normalized spacial score (nSPS) is 12.2. The van der Waals surface area contributed by atoms with Crippen molar-refractivity contribution in [2.45, 2.75) is 19.4 Å². The standard InChI is InChI=1S/C16H18F2N2O/c1-3-20-15(11-7-8-19-10-16(11)21-2)9-12-13(17)5-4-6-14(12)18/h4-8,10,15,20H,3,9H2,1-2H3. The molecule has 0 bridgehead atoms. The molecule has 0 radical (unpaired) electrons. The largest absolute Gasteiger partial charge is 0.495 e. The summed E-state index contributed by atoms with van der Waals surface area (Å²) in [6.07, 6.45) is 3.43. The summed E-state index contributed by atoms with van der Waals surface area (Å²) in [7, 11) is 1.55. The molecule has 0 saturated heterocycles. The van der Waals surface area contributed by atoms with Gasteiger partial charge in [-0.25, -0.2) is 8.78 Å². The molecule has 112 valence electrons. The van der Waals surface area contributed by atoms with Crippen LogP contribution in [0.1, 0.15) is 24.1 Å². The van der Waals surface area contributed by atoms with Crippen LogP contribution in [-0.4, -0.2) is 18.6 Å². The second-order valence-corrected chi connectivity index (χ2v) is 4.63. The summed E-state index contributed by atoms with van der Waals surface area (Å²) < 4.78 is 33.0. The van der Waals surface area contributed by atoms with Gasteiger partial charge in [-0.1, -0.05) is 13.0 Å². The molecule has 1 atom stereocenters. The molecule has 1 unspecified atom stereocenters. The molecule has 1 heterocycles. The number of benzene rings is 1. The predicted octanol–water partition coefficient (Wildman–Crippen LogP) is 3.26. The van der Waals surface area contributed by atoms with E-state index in [0.29, 0.717) is 12.3 Å². The molecule has 0 aliphatic rings. The molecule has 2 rings (SSSR count). The van der Waals surface area contributed by atoms with E-state index in [1.54, 1.807) is 25.6 Å². The first-order valence-electron chi connectivity index (χ1n) is 6.81. The van der Waals surface area contributed by atoms with Crippen LogP contribution in [0, 0.1) is 11.6 Å². The number of methoxy groups -OCH3 is 1. The number of halogens is 2. The Balaban J connectivity index is 2.35. The van der Waals surface area contributed by atoms with Gasteiger partial charge in [-0.2, -0.15) is 0 Å². The van der Waals surface area contributed by atoms with Gasteiger partial charge in [0.25, 0.3) is 0 Å². The van der Waals surface area contributed by atoms with Crippen LogP contribution >= 0.6 is 0 Å². The predicted molar refractivity (Wildman–Crippen MR) is 77.3 cm³/mol. The summed E-state index contributed by atoms with van der Waals surface area (Å²) in [5.41, 5.74) is 0.902. The Morgan fingerprint density at radius 1 is 1.24 bits per heavy atom. The molecule has 21 heavy (non-hydrogen) atoms. The smallest absolute Gasteiger partial charge is 0.141 e. The summed E-state index contributed by atoms with van der Waals surface area (Å²) in [6, 6.07) is 5.45. The fraction of sp³-hybridized carbons (Fsp3) is 0.312. The molecule has 0 amide bonds. The molecular formula is C16H18F2N2O. The number of aromatic nitrogens is 1. The van der Waals surface area contributed by atoms with Crippen molar-refractivity contribution in [1.29, 1.82) is 0 Å². The molecule has 0 aliphatic carbocycles. The Morgan fingerprint density at radius 3 is 2.57 bits per heavy atom. The number of likely N-dealkylation sites (N-methyl/N-ethyl adjacent to an activating group) is 1. The quantitative estimate of drug-likeness (QED) is 0.887. The topological polar surface area (TPSA) is 34.2 Å². The summed E-state index contributed by atoms with van der Waals surface area (Å²) in [4.78, 5) is 4.00. The third kappa shape index (κ3) is 3.55. The lowest BCUT2D eigenvalue weighted by Crippen LogP contribution is -2.24. The summed E-state index contributed by atoms with van der Waals surface area (Å²) in [5.74, 6) is -0.475. The maximum Gasteiger partial charge on any atom is 0.141 e. The molecule has 5 heteroatoms. The van der Waals surface area contributed by atoms with E-state index in [2.05, 4.69) is 10.3 Å². The van der Waals surface area contributed by atoms with E-state index in [0.717, 1.165) is 5.56 Å². The SMILES string of the molecule is CCNC(Cc1c(F)cccc1F)c1ccncc1OC. The van der Waals surface area contributed by atoms with Crippen LogP contribution in [0.15, 0.2) is 36.7 Å². The van der Waals surface area contributed by atoms with E-state index in [-0.39, 0.29) is 18.0 Å². The van der Waals surface area contributed by atoms with Crippen LogP contribution in [0.3, 0.4) is 0 Å². The van der Waals surface area contributed by atoms with Gasteiger partial charge < -0.3 is 10.1 Å². The van der Waals surface area contributed by atoms with Crippen molar-refractivity contribution in [1.82, 2.24) is 10.3 Å². The van der Waals surface area contributed by atoms with Crippen LogP contribution in [-0.2, 0) is 6.42 Å². The molecule has 1 aromatic heterocycles. The molecule has 2 aromatic rings. The van der Waals surface area contributed by atoms with Crippen molar-refractivity contribution in [2.24, 2.45) is 0 Å². The number of hydrogen-bond acceptors (Lipinski definition) is 3. The van der Waals surface area contributed by atoms with Gasteiger partial charge in [0, 0.05) is 23.4 Å². The minimum Gasteiger partial charge on any atom is -0.495 e. The maximum absolute atomic E-state index is 13.8. The van der Waals surface area contributed by atoms with Crippen LogP contribution < -0.4 is 10.1 Å². The number of hydrogen-bond donors (Lipinski definition) is 1. The Labute approximate surface area is 123 Å². The second-order valence-electron chi connectivity index (χ2n) is 4.63. The fourth-order valence-corrected chi connectivity index (χ4v) is 2.32. The molecule has 1 N–H and O–H groups in total. The lowest BCUT2D eigenvalue weighted by Gasteiger charge is -2.21. The lowest BCUT2D eigenvalue weighted by atomic mass is 9.98. The van der Waals surface area contributed by atoms with E-state index in [1.165, 1.54) is 18.2 Å². The van der Waals surface area contributed by atoms with Crippen molar-refractivity contribution in [2.75, 3.05) is 13.7 Å². The van der Waals surface area contributed by atoms with E-state index >= 15 is 0 Å². The van der Waals surface area contributed by atoms with Crippen molar-refractivity contribution >= 4 is 0 Å². The Morgan fingerprint density at radius 2 is 1.95 bits per heavy atom. The van der Waals surface area contributed by atoms with Gasteiger partial charge in [0.1, 0.15) is 17.4 Å². The van der Waals surface area contributed by atoms with Crippen molar-refractivity contribution in [3.05, 3.63) is 59.4 Å². The van der Waals surface area contributed by atoms with Crippen LogP contribution in [0.2, 0.25) is 0 Å². The zero-order valence-corrected chi connectivity index (χ0v) is 12.1. The number of nitrogens with zero attached hydrogens (tertiary/aromatic N) is 1. The first kappa shape index (κ1) is 15.4. The number of ether oxygens (including phenoxy) is 1. The third-order valence-electron chi connectivity index (χ3n) is 3.33. The molecule has 0 saturated carbocycles. The summed E-state index contributed by atoms with van der Waals surface area (Å²) in [5, 5.41) is 3.24. The van der Waals surface area contributed by atoms with Crippen molar-refractivity contribution in [3.63, 3.8) is 0 Å². The Bertz CT molecular complexity index is 584. The Hall–Kier alpha value is -2.01. The zero-order chi connectivity index (χ0) is 15.2. The molecule has 3 nitrogen and oxygen atoms in total. The number of pyridine rings is 1. The average Bonchev–Trinajstić information content (AvgIpc) is 2.50. The maximum atomic E-state index is 13.8. The summed E-state index contributed by atoms with van der Waals surface area (Å²) >= 11 is 0. The average molecular weight is 292 g/mol. The van der Waals surface area contributed by atoms with Crippen molar-refractivity contribution < 1.29 is 13.5 Å². The van der Waals surface area contributed by atoms with Gasteiger partial charge in [0.2, 0.25) is 0 Å². The highest BCUT2D eigenvalue weighted by atomic mass is 19.1. The van der Waals surface area contributed by atoms with E-state index in [4.69, 9.17) is 4.74 Å². The molecule has 1 aromatic carbocycles. The lowest BCUT2D eigenvalue weighted by molar-refractivity contribution is 0.395. The van der Waals surface area contributed by atoms with E-state index in [9.17, 15) is 8.78 Å². The van der Waals surface area contributed by atoms with Gasteiger partial charge in [0.15, 0.2) is 0 Å².